The summed E-state index contributed by atoms with van der Waals surface area (Å²) in [6.45, 7) is 1.32. The second-order valence-corrected chi connectivity index (χ2v) is 6.48. The summed E-state index contributed by atoms with van der Waals surface area (Å²) >= 11 is 0. The number of rotatable bonds is 4. The Morgan fingerprint density at radius 2 is 1.83 bits per heavy atom. The average molecular weight is 329 g/mol. The minimum absolute atomic E-state index is 0.0588. The van der Waals surface area contributed by atoms with Gasteiger partial charge in [0.15, 0.2) is 0 Å². The summed E-state index contributed by atoms with van der Waals surface area (Å²) in [5.41, 5.74) is 1.02. The number of carbonyl (C=O) groups excluding carboxylic acids is 3. The predicted molar refractivity (Wildman–Crippen MR) is 89.1 cm³/mol. The number of piperidine rings is 1. The molecule has 0 aliphatic carbocycles. The second kappa shape index (κ2) is 7.47. The SMILES string of the molecule is O=C1CCC(C(=O)NC2CCN(C(=O)Cc3ccccc3)CC2)N1. The Morgan fingerprint density at radius 3 is 2.46 bits per heavy atom. The van der Waals surface area contributed by atoms with Crippen LogP contribution in [-0.4, -0.2) is 47.8 Å². The molecule has 2 aliphatic rings. The molecular weight excluding hydrogens is 306 g/mol. The van der Waals surface area contributed by atoms with Crippen molar-refractivity contribution in [3.8, 4) is 0 Å². The van der Waals surface area contributed by atoms with E-state index in [9.17, 15) is 14.4 Å². The van der Waals surface area contributed by atoms with Crippen molar-refractivity contribution >= 4 is 17.7 Å². The van der Waals surface area contributed by atoms with Crippen LogP contribution in [0.3, 0.4) is 0 Å². The minimum atomic E-state index is -0.393. The Kier molecular flexibility index (Phi) is 5.13. The standard InChI is InChI=1S/C18H23N3O3/c22-16-7-6-15(20-16)18(24)19-14-8-10-21(11-9-14)17(23)12-13-4-2-1-3-5-13/h1-5,14-15H,6-12H2,(H,19,24)(H,20,22). The molecule has 6 nitrogen and oxygen atoms in total. The number of amides is 3. The molecule has 6 heteroatoms. The van der Waals surface area contributed by atoms with Crippen LogP contribution in [0.2, 0.25) is 0 Å². The number of likely N-dealkylation sites (tertiary alicyclic amines) is 1. The van der Waals surface area contributed by atoms with Gasteiger partial charge in [0.1, 0.15) is 6.04 Å². The molecule has 0 radical (unpaired) electrons. The highest BCUT2D eigenvalue weighted by atomic mass is 16.2. The van der Waals surface area contributed by atoms with Gasteiger partial charge < -0.3 is 15.5 Å². The Labute approximate surface area is 141 Å². The molecule has 1 aromatic carbocycles. The molecule has 0 saturated carbocycles. The molecule has 2 heterocycles. The summed E-state index contributed by atoms with van der Waals surface area (Å²) in [6, 6.07) is 9.42. The summed E-state index contributed by atoms with van der Waals surface area (Å²) < 4.78 is 0. The van der Waals surface area contributed by atoms with Gasteiger partial charge in [0.05, 0.1) is 6.42 Å². The molecule has 3 amide bonds. The van der Waals surface area contributed by atoms with Gasteiger partial charge in [-0.2, -0.15) is 0 Å². The van der Waals surface area contributed by atoms with Gasteiger partial charge in [0, 0.05) is 25.6 Å². The lowest BCUT2D eigenvalue weighted by Gasteiger charge is -2.33. The molecule has 3 rings (SSSR count). The smallest absolute Gasteiger partial charge is 0.242 e. The topological polar surface area (TPSA) is 78.5 Å². The second-order valence-electron chi connectivity index (χ2n) is 6.48. The van der Waals surface area contributed by atoms with Gasteiger partial charge in [-0.1, -0.05) is 30.3 Å². The Hall–Kier alpha value is -2.37. The molecule has 2 N–H and O–H groups in total. The van der Waals surface area contributed by atoms with E-state index in [2.05, 4.69) is 10.6 Å². The van der Waals surface area contributed by atoms with Crippen LogP contribution >= 0.6 is 0 Å². The van der Waals surface area contributed by atoms with Crippen molar-refractivity contribution in [1.29, 1.82) is 0 Å². The van der Waals surface area contributed by atoms with E-state index in [0.29, 0.717) is 32.4 Å². The molecule has 24 heavy (non-hydrogen) atoms. The van der Waals surface area contributed by atoms with Crippen LogP contribution in [0.1, 0.15) is 31.2 Å². The molecule has 1 atom stereocenters. The third kappa shape index (κ3) is 4.13. The number of hydrogen-bond acceptors (Lipinski definition) is 3. The Morgan fingerprint density at radius 1 is 1.12 bits per heavy atom. The van der Waals surface area contributed by atoms with Gasteiger partial charge in [-0.05, 0) is 24.8 Å². The highest BCUT2D eigenvalue weighted by Gasteiger charge is 2.30. The van der Waals surface area contributed by atoms with Crippen LogP contribution in [0.15, 0.2) is 30.3 Å². The highest BCUT2D eigenvalue weighted by molar-refractivity contribution is 5.90. The van der Waals surface area contributed by atoms with Crippen molar-refractivity contribution in [3.63, 3.8) is 0 Å². The van der Waals surface area contributed by atoms with Crippen molar-refractivity contribution in [1.82, 2.24) is 15.5 Å². The van der Waals surface area contributed by atoms with Crippen molar-refractivity contribution in [2.45, 2.75) is 44.2 Å². The van der Waals surface area contributed by atoms with Gasteiger partial charge >= 0.3 is 0 Å². The Balaban J connectivity index is 1.43. The van der Waals surface area contributed by atoms with Gasteiger partial charge in [-0.25, -0.2) is 0 Å². The fraction of sp³-hybridized carbons (Fsp3) is 0.500. The molecule has 1 unspecified atom stereocenters. The zero-order valence-corrected chi connectivity index (χ0v) is 13.7. The molecule has 0 bridgehead atoms. The van der Waals surface area contributed by atoms with Crippen LogP contribution in [-0.2, 0) is 20.8 Å². The lowest BCUT2D eigenvalue weighted by atomic mass is 10.0. The number of carbonyl (C=O) groups is 3. The third-order valence-corrected chi connectivity index (χ3v) is 4.70. The quantitative estimate of drug-likeness (QED) is 0.850. The van der Waals surface area contributed by atoms with Crippen molar-refractivity contribution < 1.29 is 14.4 Å². The molecule has 2 fully saturated rings. The van der Waals surface area contributed by atoms with E-state index in [4.69, 9.17) is 0 Å². The van der Waals surface area contributed by atoms with Gasteiger partial charge in [0.25, 0.3) is 0 Å². The van der Waals surface area contributed by atoms with Crippen molar-refractivity contribution in [3.05, 3.63) is 35.9 Å². The summed E-state index contributed by atoms with van der Waals surface area (Å²) in [5, 5.41) is 5.68. The third-order valence-electron chi connectivity index (χ3n) is 4.70. The predicted octanol–water partition coefficient (Wildman–Crippen LogP) is 0.615. The van der Waals surface area contributed by atoms with E-state index >= 15 is 0 Å². The fourth-order valence-corrected chi connectivity index (χ4v) is 3.27. The van der Waals surface area contributed by atoms with Gasteiger partial charge in [0.2, 0.25) is 17.7 Å². The molecule has 0 spiro atoms. The van der Waals surface area contributed by atoms with Crippen molar-refractivity contribution in [2.75, 3.05) is 13.1 Å². The van der Waals surface area contributed by atoms with E-state index < -0.39 is 6.04 Å². The summed E-state index contributed by atoms with van der Waals surface area (Å²) in [4.78, 5) is 37.5. The number of hydrogen-bond donors (Lipinski definition) is 2. The van der Waals surface area contributed by atoms with Crippen molar-refractivity contribution in [2.24, 2.45) is 0 Å². The lowest BCUT2D eigenvalue weighted by molar-refractivity contribution is -0.132. The first kappa shape index (κ1) is 16.5. The molecule has 2 saturated heterocycles. The first-order chi connectivity index (χ1) is 11.6. The molecule has 128 valence electrons. The maximum atomic E-state index is 12.3. The van der Waals surface area contributed by atoms with Crippen LogP contribution in [0.5, 0.6) is 0 Å². The molecular formula is C18H23N3O3. The van der Waals surface area contributed by atoms with E-state index in [-0.39, 0.29) is 23.8 Å². The maximum absolute atomic E-state index is 12.3. The molecule has 2 aliphatic heterocycles. The zero-order chi connectivity index (χ0) is 16.9. The van der Waals surface area contributed by atoms with E-state index in [0.717, 1.165) is 18.4 Å². The maximum Gasteiger partial charge on any atom is 0.242 e. The Bertz CT molecular complexity index is 609. The molecule has 0 aromatic heterocycles. The summed E-state index contributed by atoms with van der Waals surface area (Å²) in [6.07, 6.45) is 2.93. The monoisotopic (exact) mass is 329 g/mol. The molecule has 1 aromatic rings. The fourth-order valence-electron chi connectivity index (χ4n) is 3.27. The average Bonchev–Trinajstić information content (AvgIpc) is 3.03. The van der Waals surface area contributed by atoms with E-state index in [1.165, 1.54) is 0 Å². The van der Waals surface area contributed by atoms with Crippen LogP contribution < -0.4 is 10.6 Å². The van der Waals surface area contributed by atoms with Gasteiger partial charge in [-0.3, -0.25) is 14.4 Å². The van der Waals surface area contributed by atoms with Crippen LogP contribution in [0.25, 0.3) is 0 Å². The zero-order valence-electron chi connectivity index (χ0n) is 13.7. The number of nitrogens with zero attached hydrogens (tertiary/aromatic N) is 1. The normalized spacial score (nSPS) is 21.4. The summed E-state index contributed by atoms with van der Waals surface area (Å²) in [7, 11) is 0. The van der Waals surface area contributed by atoms with Gasteiger partial charge in [-0.15, -0.1) is 0 Å². The van der Waals surface area contributed by atoms with Crippen LogP contribution in [0, 0.1) is 0 Å². The first-order valence-corrected chi connectivity index (χ1v) is 8.53. The lowest BCUT2D eigenvalue weighted by Crippen LogP contribution is -2.50. The van der Waals surface area contributed by atoms with Crippen LogP contribution in [0.4, 0.5) is 0 Å². The largest absolute Gasteiger partial charge is 0.351 e. The first-order valence-electron chi connectivity index (χ1n) is 8.53. The highest BCUT2D eigenvalue weighted by Crippen LogP contribution is 2.14. The number of nitrogens with one attached hydrogen (secondary N) is 2. The summed E-state index contributed by atoms with van der Waals surface area (Å²) in [5.74, 6) is -0.0274. The van der Waals surface area contributed by atoms with E-state index in [1.54, 1.807) is 0 Å². The number of benzene rings is 1. The van der Waals surface area contributed by atoms with E-state index in [1.807, 2.05) is 35.2 Å². The minimum Gasteiger partial charge on any atom is -0.351 e.